The summed E-state index contributed by atoms with van der Waals surface area (Å²) in [6, 6.07) is 18.1. The van der Waals surface area contributed by atoms with Gasteiger partial charge in [-0.3, -0.25) is 0 Å². The van der Waals surface area contributed by atoms with Gasteiger partial charge in [0.1, 0.15) is 5.75 Å². The van der Waals surface area contributed by atoms with Crippen LogP contribution in [0.2, 0.25) is 0 Å². The molecule has 0 atom stereocenters. The molecule has 0 aliphatic rings. The molecule has 0 aliphatic heterocycles. The maximum Gasteiger partial charge on any atom is 0.419 e. The molecular weight excluding hydrogens is 455 g/mol. The fourth-order valence-corrected chi connectivity index (χ4v) is 3.53. The van der Waals surface area contributed by atoms with Crippen LogP contribution in [0.4, 0.5) is 13.2 Å². The zero-order valence-corrected chi connectivity index (χ0v) is 19.0. The number of halogens is 4. The lowest BCUT2D eigenvalue weighted by molar-refractivity contribution is -0.139. The van der Waals surface area contributed by atoms with E-state index in [4.69, 9.17) is 10.5 Å². The number of benzene rings is 3. The number of fused-ring (bicyclic) bond motifs is 1. The van der Waals surface area contributed by atoms with Gasteiger partial charge in [0.15, 0.2) is 0 Å². The molecule has 0 aliphatic carbocycles. The highest BCUT2D eigenvalue weighted by atomic mass is 35.5. The molecule has 8 heteroatoms. The van der Waals surface area contributed by atoms with Crippen LogP contribution in [0.15, 0.2) is 60.7 Å². The van der Waals surface area contributed by atoms with E-state index in [2.05, 4.69) is 6.07 Å². The van der Waals surface area contributed by atoms with Crippen molar-refractivity contribution in [3.8, 4) is 5.75 Å². The Morgan fingerprint density at radius 3 is 2.12 bits per heavy atom. The average molecular weight is 484 g/mol. The summed E-state index contributed by atoms with van der Waals surface area (Å²) in [7, 11) is 0. The number of ether oxygens (including phenoxy) is 1. The maximum absolute atomic E-state index is 13.6. The van der Waals surface area contributed by atoms with E-state index >= 15 is 0 Å². The first-order valence-electron chi connectivity index (χ1n) is 10.6. The van der Waals surface area contributed by atoms with Crippen molar-refractivity contribution in [1.82, 2.24) is 0 Å². The Balaban J connectivity index is 0.00000385. The van der Waals surface area contributed by atoms with Crippen LogP contribution in [0.3, 0.4) is 0 Å². The smallest absolute Gasteiger partial charge is 0.419 e. The van der Waals surface area contributed by atoms with E-state index in [-0.39, 0.29) is 37.6 Å². The lowest BCUT2D eigenvalue weighted by Gasteiger charge is -2.24. The minimum Gasteiger partial charge on any atom is -0.493 e. The van der Waals surface area contributed by atoms with Crippen LogP contribution in [0.5, 0.6) is 5.75 Å². The molecule has 0 radical (unpaired) electrons. The van der Waals surface area contributed by atoms with Gasteiger partial charge in [-0.05, 0) is 59.7 Å². The summed E-state index contributed by atoms with van der Waals surface area (Å²) in [5.41, 5.74) is 5.27. The van der Waals surface area contributed by atoms with Gasteiger partial charge in [-0.25, -0.2) is 0 Å². The van der Waals surface area contributed by atoms with E-state index in [1.807, 2.05) is 36.4 Å². The van der Waals surface area contributed by atoms with Crippen molar-refractivity contribution in [2.45, 2.75) is 37.4 Å². The minimum atomic E-state index is -4.56. The quantitative estimate of drug-likeness (QED) is 0.358. The van der Waals surface area contributed by atoms with Crippen LogP contribution < -0.4 is 10.5 Å². The molecule has 0 bridgehead atoms. The summed E-state index contributed by atoms with van der Waals surface area (Å²) < 4.78 is 46.2. The molecule has 33 heavy (non-hydrogen) atoms. The SMILES string of the molecule is Cl.NC(CO)(CO)CCc1ccc(OCCCc2ccc3ccccc3c2)c(C(F)(F)F)c1. The molecule has 4 nitrogen and oxygen atoms in total. The Kier molecular flexibility index (Phi) is 9.55. The fourth-order valence-electron chi connectivity index (χ4n) is 3.53. The summed E-state index contributed by atoms with van der Waals surface area (Å²) in [5.74, 6) is -0.205. The largest absolute Gasteiger partial charge is 0.493 e. The summed E-state index contributed by atoms with van der Waals surface area (Å²) in [6.45, 7) is -0.738. The van der Waals surface area contributed by atoms with Crippen molar-refractivity contribution in [3.63, 3.8) is 0 Å². The molecule has 3 aromatic rings. The number of nitrogens with two attached hydrogens (primary N) is 1. The van der Waals surface area contributed by atoms with E-state index in [0.29, 0.717) is 18.4 Å². The molecule has 0 aromatic heterocycles. The number of aliphatic hydroxyl groups is 2. The molecule has 4 N–H and O–H groups in total. The Morgan fingerprint density at radius 1 is 0.818 bits per heavy atom. The Bertz CT molecular complexity index is 1040. The number of rotatable bonds is 10. The van der Waals surface area contributed by atoms with Gasteiger partial charge in [0.25, 0.3) is 0 Å². The van der Waals surface area contributed by atoms with Gasteiger partial charge in [0, 0.05) is 0 Å². The maximum atomic E-state index is 13.6. The van der Waals surface area contributed by atoms with E-state index in [9.17, 15) is 23.4 Å². The molecule has 180 valence electrons. The molecule has 0 heterocycles. The standard InChI is InChI=1S/C25H28F3NO3.ClH/c26-25(27,28)22-15-19(11-12-24(29,16-30)17-31)8-10-23(22)32-13-3-4-18-7-9-20-5-1-2-6-21(20)14-18;/h1-2,5-10,14-15,30-31H,3-4,11-13,16-17,29H2;1H. The number of hydrogen-bond acceptors (Lipinski definition) is 4. The third-order valence-corrected chi connectivity index (χ3v) is 5.57. The van der Waals surface area contributed by atoms with Gasteiger partial charge in [0.2, 0.25) is 0 Å². The van der Waals surface area contributed by atoms with Crippen molar-refractivity contribution >= 4 is 23.2 Å². The predicted molar refractivity (Wildman–Crippen MR) is 126 cm³/mol. The topological polar surface area (TPSA) is 75.7 Å². The summed E-state index contributed by atoms with van der Waals surface area (Å²) in [6.07, 6.45) is -2.92. The monoisotopic (exact) mass is 483 g/mol. The number of aryl methyl sites for hydroxylation is 2. The first-order chi connectivity index (χ1) is 15.2. The Morgan fingerprint density at radius 2 is 1.45 bits per heavy atom. The number of aliphatic hydroxyl groups excluding tert-OH is 2. The van der Waals surface area contributed by atoms with Crippen molar-refractivity contribution in [3.05, 3.63) is 77.4 Å². The van der Waals surface area contributed by atoms with Crippen molar-refractivity contribution in [1.29, 1.82) is 0 Å². The minimum absolute atomic E-state index is 0. The van der Waals surface area contributed by atoms with E-state index in [1.165, 1.54) is 6.07 Å². The average Bonchev–Trinajstić information content (AvgIpc) is 2.80. The van der Waals surface area contributed by atoms with Crippen molar-refractivity contribution < 1.29 is 28.1 Å². The first-order valence-corrected chi connectivity index (χ1v) is 10.6. The van der Waals surface area contributed by atoms with Crippen molar-refractivity contribution in [2.75, 3.05) is 19.8 Å². The van der Waals surface area contributed by atoms with Crippen LogP contribution >= 0.6 is 12.4 Å². The lowest BCUT2D eigenvalue weighted by atomic mass is 9.93. The highest BCUT2D eigenvalue weighted by Gasteiger charge is 2.35. The Hall–Kier alpha value is -2.32. The second-order valence-corrected chi connectivity index (χ2v) is 8.14. The Labute approximate surface area is 197 Å². The lowest BCUT2D eigenvalue weighted by Crippen LogP contribution is -2.47. The molecule has 3 rings (SSSR count). The molecule has 0 spiro atoms. The number of alkyl halides is 3. The van der Waals surface area contributed by atoms with Crippen LogP contribution in [0.1, 0.15) is 29.5 Å². The molecule has 0 amide bonds. The second kappa shape index (κ2) is 11.7. The van der Waals surface area contributed by atoms with Gasteiger partial charge in [0.05, 0.1) is 30.9 Å². The van der Waals surface area contributed by atoms with E-state index in [0.717, 1.165) is 22.4 Å². The normalized spacial score (nSPS) is 11.9. The molecular formula is C25H29ClF3NO3. The summed E-state index contributed by atoms with van der Waals surface area (Å²) in [4.78, 5) is 0. The zero-order chi connectivity index (χ0) is 23.2. The van der Waals surface area contributed by atoms with Crippen LogP contribution in [0.25, 0.3) is 10.8 Å². The summed E-state index contributed by atoms with van der Waals surface area (Å²) in [5, 5.41) is 20.8. The van der Waals surface area contributed by atoms with E-state index in [1.54, 1.807) is 6.07 Å². The van der Waals surface area contributed by atoms with Crippen molar-refractivity contribution in [2.24, 2.45) is 5.73 Å². The highest BCUT2D eigenvalue weighted by Crippen LogP contribution is 2.37. The fraction of sp³-hybridized carbons (Fsp3) is 0.360. The second-order valence-electron chi connectivity index (χ2n) is 8.14. The van der Waals surface area contributed by atoms with Crippen LogP contribution in [0, 0.1) is 0 Å². The van der Waals surface area contributed by atoms with Gasteiger partial charge in [-0.15, -0.1) is 12.4 Å². The van der Waals surface area contributed by atoms with Gasteiger partial charge in [-0.2, -0.15) is 13.2 Å². The molecule has 0 fully saturated rings. The zero-order valence-electron chi connectivity index (χ0n) is 18.1. The molecule has 3 aromatic carbocycles. The van der Waals surface area contributed by atoms with Crippen LogP contribution in [-0.4, -0.2) is 35.6 Å². The third kappa shape index (κ3) is 7.33. The van der Waals surface area contributed by atoms with Gasteiger partial charge >= 0.3 is 6.18 Å². The highest BCUT2D eigenvalue weighted by molar-refractivity contribution is 5.85. The first kappa shape index (κ1) is 26.9. The number of hydrogen-bond donors (Lipinski definition) is 3. The molecule has 0 saturated carbocycles. The predicted octanol–water partition coefficient (Wildman–Crippen LogP) is 4.91. The molecule has 0 unspecified atom stereocenters. The molecule has 0 saturated heterocycles. The van der Waals surface area contributed by atoms with E-state index < -0.39 is 30.5 Å². The van der Waals surface area contributed by atoms with Crippen LogP contribution in [-0.2, 0) is 19.0 Å². The third-order valence-electron chi connectivity index (χ3n) is 5.57. The summed E-state index contributed by atoms with van der Waals surface area (Å²) >= 11 is 0. The van der Waals surface area contributed by atoms with Gasteiger partial charge in [-0.1, -0.05) is 48.5 Å². The van der Waals surface area contributed by atoms with Gasteiger partial charge < -0.3 is 20.7 Å².